The van der Waals surface area contributed by atoms with Crippen molar-refractivity contribution in [1.82, 2.24) is 0 Å². The molecule has 0 aromatic heterocycles. The number of alkyl halides is 7. The standard InChI is InChI=1S/C28H26F7NO5/c1-2-22-18(7-4-11-23(22)25(38)39)16-40-20-9-5-8-19(13-20)36(15-24(37)27(31,32)33)14-17-6-3-10-21(12-17)41-28(34,35)26(29)30/h3-13,24,26,37H,2,14-16H2,1H3,(H,38,39). The van der Waals surface area contributed by atoms with Crippen molar-refractivity contribution in [3.05, 3.63) is 89.0 Å². The van der Waals surface area contributed by atoms with E-state index in [0.717, 1.165) is 17.0 Å². The molecular formula is C28H26F7NO5. The summed E-state index contributed by atoms with van der Waals surface area (Å²) in [5, 5.41) is 19.2. The van der Waals surface area contributed by atoms with Crippen LogP contribution in [0.2, 0.25) is 0 Å². The van der Waals surface area contributed by atoms with Crippen molar-refractivity contribution in [2.24, 2.45) is 0 Å². The number of nitrogens with zero attached hydrogens (tertiary/aromatic N) is 1. The molecule has 6 nitrogen and oxygen atoms in total. The van der Waals surface area contributed by atoms with E-state index in [1.165, 1.54) is 42.5 Å². The van der Waals surface area contributed by atoms with Gasteiger partial charge in [0.1, 0.15) is 18.1 Å². The molecule has 1 unspecified atom stereocenters. The first-order valence-corrected chi connectivity index (χ1v) is 12.2. The monoisotopic (exact) mass is 589 g/mol. The van der Waals surface area contributed by atoms with Gasteiger partial charge in [-0.15, -0.1) is 0 Å². The number of hydrogen-bond acceptors (Lipinski definition) is 5. The van der Waals surface area contributed by atoms with Crippen LogP contribution >= 0.6 is 0 Å². The van der Waals surface area contributed by atoms with Crippen molar-refractivity contribution >= 4 is 11.7 Å². The van der Waals surface area contributed by atoms with E-state index in [2.05, 4.69) is 4.74 Å². The Bertz CT molecular complexity index is 1330. The summed E-state index contributed by atoms with van der Waals surface area (Å²) < 4.78 is 101. The number of halogens is 7. The predicted molar refractivity (Wildman–Crippen MR) is 135 cm³/mol. The zero-order chi connectivity index (χ0) is 30.4. The van der Waals surface area contributed by atoms with Crippen molar-refractivity contribution in [2.75, 3.05) is 11.4 Å². The van der Waals surface area contributed by atoms with Gasteiger partial charge in [0.15, 0.2) is 6.10 Å². The molecule has 1 atom stereocenters. The van der Waals surface area contributed by atoms with Crippen LogP contribution in [0.1, 0.15) is 34.0 Å². The fraction of sp³-hybridized carbons (Fsp3) is 0.321. The smallest absolute Gasteiger partial charge is 0.461 e. The summed E-state index contributed by atoms with van der Waals surface area (Å²) >= 11 is 0. The van der Waals surface area contributed by atoms with Crippen LogP contribution in [0.4, 0.5) is 36.4 Å². The van der Waals surface area contributed by atoms with E-state index in [0.29, 0.717) is 17.5 Å². The van der Waals surface area contributed by atoms with Gasteiger partial charge in [-0.25, -0.2) is 4.79 Å². The van der Waals surface area contributed by atoms with Crippen LogP contribution in [0.25, 0.3) is 0 Å². The molecule has 0 radical (unpaired) electrons. The maximum Gasteiger partial charge on any atom is 0.461 e. The zero-order valence-electron chi connectivity index (χ0n) is 21.5. The lowest BCUT2D eigenvalue weighted by molar-refractivity contribution is -0.253. The second-order valence-electron chi connectivity index (χ2n) is 8.94. The fourth-order valence-corrected chi connectivity index (χ4v) is 4.02. The number of carbonyl (C=O) groups is 1. The fourth-order valence-electron chi connectivity index (χ4n) is 4.02. The summed E-state index contributed by atoms with van der Waals surface area (Å²) in [5.41, 5.74) is 1.56. The number of rotatable bonds is 13. The molecule has 41 heavy (non-hydrogen) atoms. The first-order chi connectivity index (χ1) is 19.2. The Balaban J connectivity index is 1.87. The minimum Gasteiger partial charge on any atom is -0.489 e. The van der Waals surface area contributed by atoms with Gasteiger partial charge in [-0.1, -0.05) is 37.3 Å². The van der Waals surface area contributed by atoms with Crippen LogP contribution in [0, 0.1) is 0 Å². The van der Waals surface area contributed by atoms with E-state index >= 15 is 0 Å². The largest absolute Gasteiger partial charge is 0.489 e. The highest BCUT2D eigenvalue weighted by molar-refractivity contribution is 5.89. The van der Waals surface area contributed by atoms with Crippen molar-refractivity contribution in [1.29, 1.82) is 0 Å². The molecule has 2 N–H and O–H groups in total. The third-order valence-corrected chi connectivity index (χ3v) is 5.99. The van der Waals surface area contributed by atoms with E-state index in [1.54, 1.807) is 19.1 Å². The molecule has 0 fully saturated rings. The lowest BCUT2D eigenvalue weighted by Crippen LogP contribution is -2.40. The van der Waals surface area contributed by atoms with Gasteiger partial charge in [0.05, 0.1) is 12.1 Å². The highest BCUT2D eigenvalue weighted by atomic mass is 19.4. The zero-order valence-corrected chi connectivity index (χ0v) is 21.5. The molecule has 0 aliphatic rings. The van der Waals surface area contributed by atoms with Crippen molar-refractivity contribution in [2.45, 2.75) is 51.3 Å². The van der Waals surface area contributed by atoms with Gasteiger partial charge in [-0.2, -0.15) is 30.7 Å². The molecule has 0 aliphatic heterocycles. The lowest BCUT2D eigenvalue weighted by atomic mass is 9.99. The number of anilines is 1. The molecule has 3 rings (SSSR count). The molecule has 0 amide bonds. The van der Waals surface area contributed by atoms with Gasteiger partial charge in [0.25, 0.3) is 0 Å². The van der Waals surface area contributed by atoms with Gasteiger partial charge in [-0.3, -0.25) is 0 Å². The number of aromatic carboxylic acids is 1. The Morgan fingerprint density at radius 1 is 0.951 bits per heavy atom. The Kier molecular flexibility index (Phi) is 10.1. The van der Waals surface area contributed by atoms with Crippen LogP contribution in [0.5, 0.6) is 11.5 Å². The van der Waals surface area contributed by atoms with Crippen LogP contribution < -0.4 is 14.4 Å². The second kappa shape index (κ2) is 13.1. The van der Waals surface area contributed by atoms with Crippen LogP contribution in [-0.4, -0.2) is 47.5 Å². The number of aliphatic hydroxyl groups excluding tert-OH is 1. The lowest BCUT2D eigenvalue weighted by Gasteiger charge is -2.29. The molecule has 0 aliphatic carbocycles. The van der Waals surface area contributed by atoms with Gasteiger partial charge in [-0.05, 0) is 53.4 Å². The maximum atomic E-state index is 13.4. The second-order valence-corrected chi connectivity index (χ2v) is 8.94. The topological polar surface area (TPSA) is 79.2 Å². The molecule has 0 bridgehead atoms. The van der Waals surface area contributed by atoms with Gasteiger partial charge in [0, 0.05) is 18.3 Å². The first-order valence-electron chi connectivity index (χ1n) is 12.2. The van der Waals surface area contributed by atoms with Gasteiger partial charge < -0.3 is 24.6 Å². The van der Waals surface area contributed by atoms with Crippen LogP contribution in [-0.2, 0) is 19.6 Å². The number of aliphatic hydroxyl groups is 1. The number of benzene rings is 3. The van der Waals surface area contributed by atoms with E-state index in [-0.39, 0.29) is 35.7 Å². The number of carboxylic acids is 1. The normalized spacial score (nSPS) is 12.7. The molecule has 0 heterocycles. The summed E-state index contributed by atoms with van der Waals surface area (Å²) in [6, 6.07) is 15.1. The SMILES string of the molecule is CCc1c(COc2cccc(N(Cc3cccc(OC(F)(F)C(F)F)c3)CC(O)C(F)(F)F)c2)cccc1C(=O)O. The third-order valence-electron chi connectivity index (χ3n) is 5.99. The Hall–Kier alpha value is -4.00. The number of ether oxygens (including phenoxy) is 2. The van der Waals surface area contributed by atoms with Crippen molar-refractivity contribution in [3.8, 4) is 11.5 Å². The third kappa shape index (κ3) is 8.49. The summed E-state index contributed by atoms with van der Waals surface area (Å²) in [6.07, 6.45) is -16.2. The molecule has 3 aromatic carbocycles. The highest BCUT2D eigenvalue weighted by Gasteiger charge is 2.44. The minimum atomic E-state index is -4.97. The predicted octanol–water partition coefficient (Wildman–Crippen LogP) is 6.69. The number of carboxylic acid groups (broad SMARTS) is 1. The van der Waals surface area contributed by atoms with Gasteiger partial charge in [0.2, 0.25) is 0 Å². The molecule has 0 saturated carbocycles. The molecule has 13 heteroatoms. The quantitative estimate of drug-likeness (QED) is 0.216. The van der Waals surface area contributed by atoms with Crippen LogP contribution in [0.3, 0.4) is 0 Å². The first kappa shape index (κ1) is 31.5. The van der Waals surface area contributed by atoms with E-state index in [4.69, 9.17) is 4.74 Å². The van der Waals surface area contributed by atoms with Crippen molar-refractivity contribution in [3.63, 3.8) is 0 Å². The molecule has 222 valence electrons. The maximum absolute atomic E-state index is 13.4. The summed E-state index contributed by atoms with van der Waals surface area (Å²) in [4.78, 5) is 12.6. The minimum absolute atomic E-state index is 0.0450. The Labute approximate surface area is 230 Å². The average Bonchev–Trinajstić information content (AvgIpc) is 2.90. The summed E-state index contributed by atoms with van der Waals surface area (Å²) in [6.45, 7) is 0.432. The summed E-state index contributed by atoms with van der Waals surface area (Å²) in [5.74, 6) is -1.51. The molecule has 0 spiro atoms. The van der Waals surface area contributed by atoms with E-state index < -0.39 is 43.1 Å². The Morgan fingerprint density at radius 2 is 1.61 bits per heavy atom. The molecular weight excluding hydrogens is 563 g/mol. The van der Waals surface area contributed by atoms with E-state index in [9.17, 15) is 45.7 Å². The Morgan fingerprint density at radius 3 is 2.24 bits per heavy atom. The van der Waals surface area contributed by atoms with E-state index in [1.807, 2.05) is 0 Å². The van der Waals surface area contributed by atoms with Crippen LogP contribution in [0.15, 0.2) is 66.7 Å². The molecule has 0 saturated heterocycles. The van der Waals surface area contributed by atoms with Gasteiger partial charge >= 0.3 is 24.7 Å². The molecule has 3 aromatic rings. The summed E-state index contributed by atoms with van der Waals surface area (Å²) in [7, 11) is 0. The van der Waals surface area contributed by atoms with Crippen molar-refractivity contribution < 1.29 is 55.2 Å². The highest BCUT2D eigenvalue weighted by Crippen LogP contribution is 2.31. The number of hydrogen-bond donors (Lipinski definition) is 2. The average molecular weight is 590 g/mol.